The molecular weight excluding hydrogens is 392 g/mol. The van der Waals surface area contributed by atoms with Gasteiger partial charge < -0.3 is 20.8 Å². The van der Waals surface area contributed by atoms with Gasteiger partial charge >= 0.3 is 0 Å². The lowest BCUT2D eigenvalue weighted by Crippen LogP contribution is -2.42. The van der Waals surface area contributed by atoms with Crippen molar-refractivity contribution in [3.05, 3.63) is 71.8 Å². The van der Waals surface area contributed by atoms with Crippen molar-refractivity contribution in [3.63, 3.8) is 0 Å². The molecule has 166 valence electrons. The van der Waals surface area contributed by atoms with Gasteiger partial charge in [-0.2, -0.15) is 0 Å². The summed E-state index contributed by atoms with van der Waals surface area (Å²) in [5, 5.41) is 25.2. The molecule has 4 atom stereocenters. The molecule has 6 nitrogen and oxygen atoms in total. The van der Waals surface area contributed by atoms with Crippen LogP contribution in [0.5, 0.6) is 0 Å². The topological polar surface area (TPSA) is 98.7 Å². The Balaban J connectivity index is 1.58. The van der Waals surface area contributed by atoms with E-state index in [0.717, 1.165) is 11.1 Å². The minimum atomic E-state index is -0.479. The molecule has 1 aliphatic rings. The number of hydrogen-bond donors (Lipinski definition) is 4. The molecule has 2 amide bonds. The summed E-state index contributed by atoms with van der Waals surface area (Å²) in [5.41, 5.74) is 1.57. The number of carbonyl (C=O) groups is 2. The van der Waals surface area contributed by atoms with Crippen molar-refractivity contribution in [2.75, 3.05) is 13.2 Å². The highest BCUT2D eigenvalue weighted by Crippen LogP contribution is 2.58. The lowest BCUT2D eigenvalue weighted by Gasteiger charge is -2.18. The number of hydrogen-bond acceptors (Lipinski definition) is 4. The predicted molar refractivity (Wildman–Crippen MR) is 119 cm³/mol. The standard InChI is InChI=1S/C25H32N2O4/c1-25(2)21(23(30)26-19(15-28)13-17-9-5-3-6-10-17)22(25)24(31)27-20(16-29)14-18-11-7-4-8-12-18/h3-12,19-22,28-29H,13-16H2,1-2H3,(H,26,30)(H,27,31). The molecule has 1 saturated carbocycles. The Bertz CT molecular complexity index is 798. The summed E-state index contributed by atoms with van der Waals surface area (Å²) < 4.78 is 0. The van der Waals surface area contributed by atoms with Crippen LogP contribution in [-0.4, -0.2) is 47.3 Å². The zero-order chi connectivity index (χ0) is 22.4. The SMILES string of the molecule is CC1(C)C(C(=O)NC(CO)Cc2ccccc2)C1C(=O)NC(CO)Cc1ccccc1. The van der Waals surface area contributed by atoms with Crippen molar-refractivity contribution >= 4 is 11.8 Å². The summed E-state index contributed by atoms with van der Waals surface area (Å²) in [6.45, 7) is 3.46. The molecule has 0 radical (unpaired) electrons. The van der Waals surface area contributed by atoms with Crippen LogP contribution in [0.4, 0.5) is 0 Å². The number of rotatable bonds is 10. The van der Waals surface area contributed by atoms with Crippen LogP contribution in [0.1, 0.15) is 25.0 Å². The van der Waals surface area contributed by atoms with Gasteiger partial charge in [-0.15, -0.1) is 0 Å². The molecule has 0 aliphatic heterocycles. The molecule has 4 unspecified atom stereocenters. The van der Waals surface area contributed by atoms with Gasteiger partial charge in [0.2, 0.25) is 11.8 Å². The van der Waals surface area contributed by atoms with E-state index in [1.807, 2.05) is 74.5 Å². The van der Waals surface area contributed by atoms with Crippen molar-refractivity contribution in [2.24, 2.45) is 17.3 Å². The summed E-state index contributed by atoms with van der Waals surface area (Å²) in [7, 11) is 0. The molecule has 2 aromatic rings. The molecule has 0 spiro atoms. The van der Waals surface area contributed by atoms with Crippen molar-refractivity contribution in [1.29, 1.82) is 0 Å². The number of nitrogens with one attached hydrogen (secondary N) is 2. The summed E-state index contributed by atoms with van der Waals surface area (Å²) in [6, 6.07) is 18.5. The Morgan fingerprint density at radius 3 is 1.45 bits per heavy atom. The third-order valence-electron chi connectivity index (χ3n) is 6.18. The highest BCUT2D eigenvalue weighted by Gasteiger charge is 2.65. The van der Waals surface area contributed by atoms with Crippen LogP contribution in [0, 0.1) is 17.3 Å². The van der Waals surface area contributed by atoms with E-state index in [1.54, 1.807) is 0 Å². The molecule has 4 N–H and O–H groups in total. The summed E-state index contributed by atoms with van der Waals surface area (Å²) in [5.74, 6) is -1.37. The largest absolute Gasteiger partial charge is 0.394 e. The van der Waals surface area contributed by atoms with E-state index in [2.05, 4.69) is 10.6 Å². The molecule has 6 heteroatoms. The van der Waals surface area contributed by atoms with Gasteiger partial charge in [-0.25, -0.2) is 0 Å². The van der Waals surface area contributed by atoms with Gasteiger partial charge in [-0.3, -0.25) is 9.59 Å². The number of aliphatic hydroxyl groups excluding tert-OH is 2. The van der Waals surface area contributed by atoms with E-state index in [-0.39, 0.29) is 25.0 Å². The highest BCUT2D eigenvalue weighted by molar-refractivity contribution is 5.94. The Morgan fingerprint density at radius 1 is 0.774 bits per heavy atom. The molecule has 0 saturated heterocycles. The first kappa shape index (κ1) is 23.0. The number of carbonyl (C=O) groups excluding carboxylic acids is 2. The lowest BCUT2D eigenvalue weighted by atomic mass is 10.1. The number of benzene rings is 2. The minimum absolute atomic E-state index is 0.172. The van der Waals surface area contributed by atoms with Crippen LogP contribution in [0.3, 0.4) is 0 Å². The third kappa shape index (κ3) is 5.71. The van der Waals surface area contributed by atoms with E-state index in [0.29, 0.717) is 12.8 Å². The Hall–Kier alpha value is -2.70. The first-order valence-corrected chi connectivity index (χ1v) is 10.8. The molecule has 1 fully saturated rings. The predicted octanol–water partition coefficient (Wildman–Crippen LogP) is 1.70. The van der Waals surface area contributed by atoms with Crippen molar-refractivity contribution in [1.82, 2.24) is 10.6 Å². The number of amides is 2. The first-order chi connectivity index (χ1) is 14.9. The maximum absolute atomic E-state index is 12.9. The minimum Gasteiger partial charge on any atom is -0.394 e. The van der Waals surface area contributed by atoms with Crippen LogP contribution in [0.2, 0.25) is 0 Å². The molecule has 0 bridgehead atoms. The van der Waals surface area contributed by atoms with Gasteiger partial charge in [0.05, 0.1) is 37.1 Å². The fraction of sp³-hybridized carbons (Fsp3) is 0.440. The van der Waals surface area contributed by atoms with E-state index >= 15 is 0 Å². The zero-order valence-electron chi connectivity index (χ0n) is 18.1. The fourth-order valence-electron chi connectivity index (χ4n) is 4.32. The van der Waals surface area contributed by atoms with E-state index < -0.39 is 29.3 Å². The summed E-state index contributed by atoms with van der Waals surface area (Å²) in [4.78, 5) is 25.8. The van der Waals surface area contributed by atoms with Gasteiger partial charge in [0, 0.05) is 0 Å². The van der Waals surface area contributed by atoms with E-state index in [1.165, 1.54) is 0 Å². The Kier molecular flexibility index (Phi) is 7.46. The molecule has 0 heterocycles. The van der Waals surface area contributed by atoms with Crippen LogP contribution >= 0.6 is 0 Å². The quantitative estimate of drug-likeness (QED) is 0.467. The smallest absolute Gasteiger partial charge is 0.224 e. The molecule has 3 rings (SSSR count). The van der Waals surface area contributed by atoms with Crippen LogP contribution in [0.25, 0.3) is 0 Å². The molecule has 31 heavy (non-hydrogen) atoms. The molecule has 1 aliphatic carbocycles. The maximum atomic E-state index is 12.9. The van der Waals surface area contributed by atoms with Gasteiger partial charge in [0.15, 0.2) is 0 Å². The zero-order valence-corrected chi connectivity index (χ0v) is 18.1. The summed E-state index contributed by atoms with van der Waals surface area (Å²) in [6.07, 6.45) is 1.05. The Labute approximate surface area is 183 Å². The molecular formula is C25H32N2O4. The van der Waals surface area contributed by atoms with Crippen molar-refractivity contribution in [3.8, 4) is 0 Å². The highest BCUT2D eigenvalue weighted by atomic mass is 16.3. The van der Waals surface area contributed by atoms with Gasteiger partial charge in [-0.1, -0.05) is 74.5 Å². The second kappa shape index (κ2) is 10.1. The van der Waals surface area contributed by atoms with Gasteiger partial charge in [0.1, 0.15) is 0 Å². The van der Waals surface area contributed by atoms with Crippen LogP contribution < -0.4 is 10.6 Å². The van der Waals surface area contributed by atoms with E-state index in [9.17, 15) is 19.8 Å². The van der Waals surface area contributed by atoms with Gasteiger partial charge in [-0.05, 0) is 29.4 Å². The second-order valence-corrected chi connectivity index (χ2v) is 8.93. The van der Waals surface area contributed by atoms with Crippen molar-refractivity contribution < 1.29 is 19.8 Å². The Morgan fingerprint density at radius 2 is 1.13 bits per heavy atom. The maximum Gasteiger partial charge on any atom is 0.224 e. The second-order valence-electron chi connectivity index (χ2n) is 8.93. The third-order valence-corrected chi connectivity index (χ3v) is 6.18. The molecule has 0 aromatic heterocycles. The molecule has 2 aromatic carbocycles. The van der Waals surface area contributed by atoms with Crippen molar-refractivity contribution in [2.45, 2.75) is 38.8 Å². The average molecular weight is 425 g/mol. The van der Waals surface area contributed by atoms with Crippen LogP contribution in [0.15, 0.2) is 60.7 Å². The normalized spacial score (nSPS) is 21.0. The van der Waals surface area contributed by atoms with Gasteiger partial charge in [0.25, 0.3) is 0 Å². The summed E-state index contributed by atoms with van der Waals surface area (Å²) >= 11 is 0. The van der Waals surface area contributed by atoms with E-state index in [4.69, 9.17) is 0 Å². The monoisotopic (exact) mass is 424 g/mol. The number of aliphatic hydroxyl groups is 2. The van der Waals surface area contributed by atoms with Crippen LogP contribution in [-0.2, 0) is 22.4 Å². The average Bonchev–Trinajstić information content (AvgIpc) is 3.36. The first-order valence-electron chi connectivity index (χ1n) is 10.8. The lowest BCUT2D eigenvalue weighted by molar-refractivity contribution is -0.128. The fourth-order valence-corrected chi connectivity index (χ4v) is 4.32.